The Hall–Kier alpha value is -1.64. The maximum absolute atomic E-state index is 4.70. The van der Waals surface area contributed by atoms with E-state index in [1.807, 2.05) is 30.0 Å². The lowest BCUT2D eigenvalue weighted by Gasteiger charge is -2.18. The number of nitrogens with zero attached hydrogens (tertiary/aromatic N) is 4. The zero-order valence-electron chi connectivity index (χ0n) is 17.1. The van der Waals surface area contributed by atoms with Crippen LogP contribution in [0.25, 0.3) is 5.82 Å². The Bertz CT molecular complexity index is 693. The molecule has 27 heavy (non-hydrogen) atoms. The minimum Gasteiger partial charge on any atom is -0.357 e. The molecule has 2 aromatic heterocycles. The second-order valence-electron chi connectivity index (χ2n) is 7.08. The van der Waals surface area contributed by atoms with Crippen LogP contribution in [0.15, 0.2) is 35.7 Å². The molecule has 0 saturated heterocycles. The lowest BCUT2D eigenvalue weighted by Crippen LogP contribution is -2.42. The number of rotatable bonds is 8. The molecule has 150 valence electrons. The number of guanidine groups is 1. The average molecular weight is 484 g/mol. The number of imidazole rings is 1. The molecule has 0 aliphatic heterocycles. The molecule has 1 unspecified atom stereocenters. The lowest BCUT2D eigenvalue weighted by atomic mass is 10.0. The standard InChI is InChI=1S/C20H32N6.HI/c1-6-21-20(25-16(4)8-7-15(2)3)24-14-18-9-10-19(23-13-18)26-12-11-22-17(26)5;/h9-13,15-16H,6-8,14H2,1-5H3,(H2,21,24,25);1H. The van der Waals surface area contributed by atoms with E-state index in [-0.39, 0.29) is 24.0 Å². The van der Waals surface area contributed by atoms with Crippen molar-refractivity contribution in [3.63, 3.8) is 0 Å². The van der Waals surface area contributed by atoms with Crippen LogP contribution in [0.5, 0.6) is 0 Å². The molecule has 0 aliphatic carbocycles. The van der Waals surface area contributed by atoms with E-state index in [0.717, 1.165) is 42.0 Å². The number of nitrogens with one attached hydrogen (secondary N) is 2. The van der Waals surface area contributed by atoms with Crippen LogP contribution in [0.2, 0.25) is 0 Å². The summed E-state index contributed by atoms with van der Waals surface area (Å²) in [4.78, 5) is 13.5. The summed E-state index contributed by atoms with van der Waals surface area (Å²) in [6.45, 7) is 12.2. The first-order chi connectivity index (χ1) is 12.5. The molecule has 1 atom stereocenters. The molecular weight excluding hydrogens is 451 g/mol. The Morgan fingerprint density at radius 3 is 2.52 bits per heavy atom. The highest BCUT2D eigenvalue weighted by Gasteiger charge is 2.07. The molecule has 0 aliphatic rings. The summed E-state index contributed by atoms with van der Waals surface area (Å²) in [5.74, 6) is 3.39. The van der Waals surface area contributed by atoms with Crippen LogP contribution in [0.4, 0.5) is 0 Å². The van der Waals surface area contributed by atoms with Gasteiger partial charge < -0.3 is 10.6 Å². The summed E-state index contributed by atoms with van der Waals surface area (Å²) >= 11 is 0. The van der Waals surface area contributed by atoms with Crippen molar-refractivity contribution >= 4 is 29.9 Å². The first kappa shape index (κ1) is 23.4. The number of aliphatic imine (C=N–C) groups is 1. The van der Waals surface area contributed by atoms with E-state index >= 15 is 0 Å². The third-order valence-corrected chi connectivity index (χ3v) is 4.21. The summed E-state index contributed by atoms with van der Waals surface area (Å²) in [5.41, 5.74) is 1.08. The van der Waals surface area contributed by atoms with Gasteiger partial charge in [-0.25, -0.2) is 15.0 Å². The summed E-state index contributed by atoms with van der Waals surface area (Å²) in [6.07, 6.45) is 7.94. The Labute approximate surface area is 180 Å². The third kappa shape index (κ3) is 7.86. The molecule has 0 spiro atoms. The van der Waals surface area contributed by atoms with E-state index in [1.165, 1.54) is 6.42 Å². The van der Waals surface area contributed by atoms with Gasteiger partial charge in [0.2, 0.25) is 0 Å². The van der Waals surface area contributed by atoms with Gasteiger partial charge in [0, 0.05) is 31.2 Å². The van der Waals surface area contributed by atoms with E-state index in [4.69, 9.17) is 4.99 Å². The topological polar surface area (TPSA) is 67.1 Å². The quantitative estimate of drug-likeness (QED) is 0.337. The summed E-state index contributed by atoms with van der Waals surface area (Å²) < 4.78 is 1.97. The predicted molar refractivity (Wildman–Crippen MR) is 123 cm³/mol. The normalized spacial score (nSPS) is 12.6. The summed E-state index contributed by atoms with van der Waals surface area (Å²) in [5, 5.41) is 6.81. The highest BCUT2D eigenvalue weighted by molar-refractivity contribution is 14.0. The van der Waals surface area contributed by atoms with E-state index in [2.05, 4.69) is 54.4 Å². The predicted octanol–water partition coefficient (Wildman–Crippen LogP) is 4.07. The molecular formula is C20H33IN6. The van der Waals surface area contributed by atoms with Gasteiger partial charge in [0.1, 0.15) is 11.6 Å². The fourth-order valence-electron chi connectivity index (χ4n) is 2.65. The van der Waals surface area contributed by atoms with Gasteiger partial charge in [0.25, 0.3) is 0 Å². The second kappa shape index (κ2) is 11.9. The van der Waals surface area contributed by atoms with Gasteiger partial charge in [0.15, 0.2) is 5.96 Å². The van der Waals surface area contributed by atoms with E-state index < -0.39 is 0 Å². The summed E-state index contributed by atoms with van der Waals surface area (Å²) in [7, 11) is 0. The number of hydrogen-bond donors (Lipinski definition) is 2. The number of aryl methyl sites for hydroxylation is 1. The van der Waals surface area contributed by atoms with Crippen molar-refractivity contribution in [2.75, 3.05) is 6.54 Å². The summed E-state index contributed by atoms with van der Waals surface area (Å²) in [6, 6.07) is 4.47. The molecule has 2 heterocycles. The van der Waals surface area contributed by atoms with Gasteiger partial charge in [-0.2, -0.15) is 0 Å². The zero-order valence-corrected chi connectivity index (χ0v) is 19.4. The second-order valence-corrected chi connectivity index (χ2v) is 7.08. The molecule has 6 nitrogen and oxygen atoms in total. The highest BCUT2D eigenvalue weighted by Crippen LogP contribution is 2.09. The SMILES string of the molecule is CCNC(=NCc1ccc(-n2ccnc2C)nc1)NC(C)CCC(C)C.I. The van der Waals surface area contributed by atoms with Crippen molar-refractivity contribution in [1.82, 2.24) is 25.2 Å². The number of hydrogen-bond acceptors (Lipinski definition) is 3. The molecule has 0 aromatic carbocycles. The van der Waals surface area contributed by atoms with Crippen LogP contribution in [0, 0.1) is 12.8 Å². The maximum atomic E-state index is 4.70. The molecule has 0 amide bonds. The first-order valence-corrected chi connectivity index (χ1v) is 9.49. The van der Waals surface area contributed by atoms with Gasteiger partial charge in [-0.15, -0.1) is 24.0 Å². The monoisotopic (exact) mass is 484 g/mol. The van der Waals surface area contributed by atoms with Crippen molar-refractivity contribution in [3.8, 4) is 5.82 Å². The van der Waals surface area contributed by atoms with Crippen LogP contribution in [-0.2, 0) is 6.54 Å². The van der Waals surface area contributed by atoms with Crippen LogP contribution in [0.1, 0.15) is 51.9 Å². The Balaban J connectivity index is 0.00000364. The Morgan fingerprint density at radius 1 is 1.19 bits per heavy atom. The van der Waals surface area contributed by atoms with Crippen LogP contribution >= 0.6 is 24.0 Å². The molecule has 0 saturated carbocycles. The molecule has 2 rings (SSSR count). The lowest BCUT2D eigenvalue weighted by molar-refractivity contribution is 0.489. The van der Waals surface area contributed by atoms with Crippen molar-refractivity contribution in [2.45, 2.75) is 60.0 Å². The van der Waals surface area contributed by atoms with Crippen molar-refractivity contribution < 1.29 is 0 Å². The molecule has 2 N–H and O–H groups in total. The van der Waals surface area contributed by atoms with Gasteiger partial charge >= 0.3 is 0 Å². The molecule has 0 bridgehead atoms. The smallest absolute Gasteiger partial charge is 0.191 e. The highest BCUT2D eigenvalue weighted by atomic mass is 127. The molecule has 2 aromatic rings. The van der Waals surface area contributed by atoms with Gasteiger partial charge in [0.05, 0.1) is 6.54 Å². The van der Waals surface area contributed by atoms with Crippen molar-refractivity contribution in [1.29, 1.82) is 0 Å². The Morgan fingerprint density at radius 2 is 1.96 bits per heavy atom. The van der Waals surface area contributed by atoms with Crippen molar-refractivity contribution in [3.05, 3.63) is 42.1 Å². The van der Waals surface area contributed by atoms with E-state index in [1.54, 1.807) is 6.20 Å². The molecule has 0 fully saturated rings. The zero-order chi connectivity index (χ0) is 18.9. The largest absolute Gasteiger partial charge is 0.357 e. The van der Waals surface area contributed by atoms with Crippen LogP contribution in [-0.4, -0.2) is 33.1 Å². The van der Waals surface area contributed by atoms with Crippen molar-refractivity contribution in [2.24, 2.45) is 10.9 Å². The fraction of sp³-hybridized carbons (Fsp3) is 0.550. The van der Waals surface area contributed by atoms with Crippen LogP contribution < -0.4 is 10.6 Å². The maximum Gasteiger partial charge on any atom is 0.191 e. The fourth-order valence-corrected chi connectivity index (χ4v) is 2.65. The third-order valence-electron chi connectivity index (χ3n) is 4.21. The Kier molecular flexibility index (Phi) is 10.4. The molecule has 0 radical (unpaired) electrons. The van der Waals surface area contributed by atoms with Gasteiger partial charge in [-0.05, 0) is 51.2 Å². The minimum atomic E-state index is 0. The first-order valence-electron chi connectivity index (χ1n) is 9.49. The van der Waals surface area contributed by atoms with E-state index in [0.29, 0.717) is 12.6 Å². The molecule has 7 heteroatoms. The minimum absolute atomic E-state index is 0. The number of pyridine rings is 1. The van der Waals surface area contributed by atoms with Crippen LogP contribution in [0.3, 0.4) is 0 Å². The van der Waals surface area contributed by atoms with Gasteiger partial charge in [-0.3, -0.25) is 4.57 Å². The number of halogens is 1. The van der Waals surface area contributed by atoms with Gasteiger partial charge in [-0.1, -0.05) is 19.9 Å². The number of aromatic nitrogens is 3. The average Bonchev–Trinajstić information content (AvgIpc) is 3.04. The van der Waals surface area contributed by atoms with E-state index in [9.17, 15) is 0 Å².